The van der Waals surface area contributed by atoms with Gasteiger partial charge in [0.1, 0.15) is 0 Å². The highest BCUT2D eigenvalue weighted by molar-refractivity contribution is 7.80. The van der Waals surface area contributed by atoms with Crippen LogP contribution in [0.1, 0.15) is 19.8 Å². The van der Waals surface area contributed by atoms with E-state index in [4.69, 9.17) is 0 Å². The summed E-state index contributed by atoms with van der Waals surface area (Å²) in [6.45, 7) is -11.4. The molecule has 1 rings (SSSR count). The third kappa shape index (κ3) is 15.1. The molecule has 1 unspecified atom stereocenters. The summed E-state index contributed by atoms with van der Waals surface area (Å²) in [4.78, 5) is 0. The highest BCUT2D eigenvalue weighted by Gasteiger charge is 2.48. The van der Waals surface area contributed by atoms with Crippen molar-refractivity contribution in [3.05, 3.63) is 0 Å². The van der Waals surface area contributed by atoms with Gasteiger partial charge in [0.2, 0.25) is 7.43 Å². The van der Waals surface area contributed by atoms with Gasteiger partial charge in [-0.25, -0.2) is 0 Å². The lowest BCUT2D eigenvalue weighted by Gasteiger charge is -2.34. The van der Waals surface area contributed by atoms with Crippen LogP contribution in [0, 0.1) is 0 Å². The Labute approximate surface area is 215 Å². The second-order valence-electron chi connectivity index (χ2n) is 7.43. The molecule has 0 amide bonds. The molecule has 1 heterocycles. The number of nitrogens with zero attached hydrogens (tertiary/aromatic N) is 3. The maximum atomic E-state index is 13.0. The highest BCUT2D eigenvalue weighted by Crippen LogP contribution is 2.81. The molecule has 0 aliphatic carbocycles. The van der Waals surface area contributed by atoms with Gasteiger partial charge in [0.05, 0.1) is 0 Å². The van der Waals surface area contributed by atoms with Crippen LogP contribution in [0.25, 0.3) is 0 Å². The molecule has 240 valence electrons. The number of hydrogen-bond donors (Lipinski definition) is 0. The Kier molecular flexibility index (Phi) is 12.5. The van der Waals surface area contributed by atoms with Crippen molar-refractivity contribution in [2.75, 3.05) is 39.2 Å². The molecule has 0 spiro atoms. The smallest absolute Gasteiger partial charge is 0.317 e. The summed E-state index contributed by atoms with van der Waals surface area (Å²) in [6, 6.07) is 0. The minimum atomic E-state index is -5.77. The van der Waals surface area contributed by atoms with E-state index in [9.17, 15) is 65.9 Å². The van der Waals surface area contributed by atoms with E-state index in [1.54, 1.807) is 0 Å². The molecular formula is C14H19F15N3O5P3. The predicted octanol–water partition coefficient (Wildman–Crippen LogP) is 9.62. The predicted molar refractivity (Wildman–Crippen MR) is 108 cm³/mol. The number of alkyl halides is 15. The fourth-order valence-corrected chi connectivity index (χ4v) is 13.0. The topological polar surface area (TPSA) is 83.2 Å². The van der Waals surface area contributed by atoms with Gasteiger partial charge in [0.25, 0.3) is 0 Å². The van der Waals surface area contributed by atoms with E-state index in [1.165, 1.54) is 6.92 Å². The standard InChI is InChI=1S/C14H19F15N3O5P3/c1-2-3-4-38(33-5-10(15,16)17)30-39(34-6-11(18,19)20,35-7-12(21,22)23)32-40(31-38,36-8-13(24,25)26)37-9-14(27,28)29/h2-9H2,1H3. The molecule has 1 aliphatic rings. The van der Waals surface area contributed by atoms with Crippen molar-refractivity contribution >= 4 is 22.8 Å². The molecule has 0 saturated heterocycles. The van der Waals surface area contributed by atoms with Gasteiger partial charge >= 0.3 is 46.2 Å². The van der Waals surface area contributed by atoms with Crippen molar-refractivity contribution < 1.29 is 88.5 Å². The van der Waals surface area contributed by atoms with E-state index >= 15 is 0 Å². The molecule has 0 fully saturated rings. The summed E-state index contributed by atoms with van der Waals surface area (Å²) in [5, 5.41) is 0. The van der Waals surface area contributed by atoms with E-state index in [0.29, 0.717) is 0 Å². The highest BCUT2D eigenvalue weighted by atomic mass is 31.3. The van der Waals surface area contributed by atoms with Crippen LogP contribution < -0.4 is 0 Å². The Morgan fingerprint density at radius 1 is 0.450 bits per heavy atom. The Hall–Kier alpha value is -0.560. The average molecular weight is 687 g/mol. The van der Waals surface area contributed by atoms with Crippen molar-refractivity contribution in [1.29, 1.82) is 0 Å². The summed E-state index contributed by atoms with van der Waals surface area (Å²) in [7, 11) is -16.6. The first-order valence-corrected chi connectivity index (χ1v) is 15.0. The average Bonchev–Trinajstić information content (AvgIpc) is 2.74. The molecule has 8 nitrogen and oxygen atoms in total. The van der Waals surface area contributed by atoms with Gasteiger partial charge in [-0.15, -0.1) is 4.52 Å². The van der Waals surface area contributed by atoms with Crippen LogP contribution in [-0.4, -0.2) is 70.1 Å². The normalized spacial score (nSPS) is 21.9. The molecule has 0 aromatic heterocycles. The molecule has 0 aromatic rings. The lowest BCUT2D eigenvalue weighted by atomic mass is 10.4. The van der Waals surface area contributed by atoms with Gasteiger partial charge in [-0.2, -0.15) is 74.9 Å². The van der Waals surface area contributed by atoms with Gasteiger partial charge in [0.15, 0.2) is 33.0 Å². The number of rotatable bonds is 13. The zero-order valence-electron chi connectivity index (χ0n) is 19.6. The zero-order chi connectivity index (χ0) is 31.3. The van der Waals surface area contributed by atoms with Gasteiger partial charge in [0, 0.05) is 6.16 Å². The van der Waals surface area contributed by atoms with Gasteiger partial charge in [-0.05, 0) is 6.42 Å². The Morgan fingerprint density at radius 2 is 0.750 bits per heavy atom. The summed E-state index contributed by atoms with van der Waals surface area (Å²) in [5.74, 6) is 0. The van der Waals surface area contributed by atoms with Crippen molar-refractivity contribution in [1.82, 2.24) is 0 Å². The molecule has 0 saturated carbocycles. The van der Waals surface area contributed by atoms with E-state index in [-0.39, 0.29) is 12.8 Å². The maximum absolute atomic E-state index is 13.0. The largest absolute Gasteiger partial charge is 0.412 e. The van der Waals surface area contributed by atoms with Gasteiger partial charge in [-0.3, -0.25) is 18.1 Å². The molecule has 0 bridgehead atoms. The molecule has 26 heteroatoms. The minimum Gasteiger partial charge on any atom is -0.317 e. The molecule has 0 radical (unpaired) electrons. The monoisotopic (exact) mass is 687 g/mol. The lowest BCUT2D eigenvalue weighted by molar-refractivity contribution is -0.163. The molecule has 0 aromatic carbocycles. The van der Waals surface area contributed by atoms with E-state index < -0.39 is 92.8 Å². The molecule has 1 aliphatic heterocycles. The summed E-state index contributed by atoms with van der Waals surface area (Å²) < 4.78 is 225. The van der Waals surface area contributed by atoms with Crippen LogP contribution in [0.3, 0.4) is 0 Å². The second kappa shape index (κ2) is 13.4. The van der Waals surface area contributed by atoms with Crippen LogP contribution in [0.15, 0.2) is 13.5 Å². The SMILES string of the molecule is CCCCP1(OCC(F)(F)F)=NP(OCC(F)(F)F)(OCC(F)(F)F)=NP(OCC(F)(F)F)(OCC(F)(F)F)=N1. The summed E-state index contributed by atoms with van der Waals surface area (Å²) in [6.07, 6.45) is -28.3. The quantitative estimate of drug-likeness (QED) is 0.142. The minimum absolute atomic E-state index is 0.00413. The Morgan fingerprint density at radius 3 is 1.05 bits per heavy atom. The van der Waals surface area contributed by atoms with E-state index in [2.05, 4.69) is 36.2 Å². The molecule has 1 atom stereocenters. The molecule has 0 N–H and O–H groups in total. The third-order valence-corrected chi connectivity index (χ3v) is 12.7. The van der Waals surface area contributed by atoms with Crippen molar-refractivity contribution in [3.63, 3.8) is 0 Å². The van der Waals surface area contributed by atoms with Crippen LogP contribution in [-0.2, 0) is 22.6 Å². The lowest BCUT2D eigenvalue weighted by Crippen LogP contribution is -2.22. The first-order valence-electron chi connectivity index (χ1n) is 10.2. The first-order chi connectivity index (χ1) is 17.7. The third-order valence-electron chi connectivity index (χ3n) is 3.56. The zero-order valence-corrected chi connectivity index (χ0v) is 22.2. The van der Waals surface area contributed by atoms with E-state index in [1.807, 2.05) is 0 Å². The van der Waals surface area contributed by atoms with Crippen LogP contribution in [0.5, 0.6) is 0 Å². The van der Waals surface area contributed by atoms with Crippen LogP contribution >= 0.6 is 22.8 Å². The van der Waals surface area contributed by atoms with Crippen molar-refractivity contribution in [2.24, 2.45) is 13.5 Å². The van der Waals surface area contributed by atoms with Gasteiger partial charge < -0.3 is 4.52 Å². The fourth-order valence-electron chi connectivity index (χ4n) is 2.21. The van der Waals surface area contributed by atoms with Gasteiger partial charge in [-0.1, -0.05) is 13.3 Å². The first kappa shape index (κ1) is 37.5. The summed E-state index contributed by atoms with van der Waals surface area (Å²) in [5.41, 5.74) is 0. The fraction of sp³-hybridized carbons (Fsp3) is 1.00. The maximum Gasteiger partial charge on any atom is 0.412 e. The van der Waals surface area contributed by atoms with Crippen molar-refractivity contribution in [2.45, 2.75) is 50.6 Å². The number of hydrogen-bond acceptors (Lipinski definition) is 8. The Bertz CT molecular complexity index is 921. The van der Waals surface area contributed by atoms with E-state index in [0.717, 1.165) is 0 Å². The van der Waals surface area contributed by atoms with Crippen molar-refractivity contribution in [3.8, 4) is 0 Å². The van der Waals surface area contributed by atoms with Crippen LogP contribution in [0.4, 0.5) is 65.9 Å². The second-order valence-corrected chi connectivity index (χ2v) is 14.6. The molecular weight excluding hydrogens is 668 g/mol. The molecule has 40 heavy (non-hydrogen) atoms. The Balaban J connectivity index is 4.11. The number of unbranched alkanes of at least 4 members (excludes halogenated alkanes) is 1. The summed E-state index contributed by atoms with van der Waals surface area (Å²) >= 11 is 0. The number of halogens is 15. The van der Waals surface area contributed by atoms with Crippen LogP contribution in [0.2, 0.25) is 0 Å².